The van der Waals surface area contributed by atoms with Crippen LogP contribution in [0.2, 0.25) is 0 Å². The van der Waals surface area contributed by atoms with E-state index < -0.39 is 15.6 Å². The highest BCUT2D eigenvalue weighted by Crippen LogP contribution is 2.33. The molecule has 1 heterocycles. The van der Waals surface area contributed by atoms with Crippen molar-refractivity contribution in [3.05, 3.63) is 29.3 Å². The average molecular weight is 386 g/mol. The standard InChI is InChI=1S/C16H22N2O5S2/c1-5-16(19,6-2)14-10-24-15(17-14)18-25(20,21)11-7-8-12(22-3)13(9-11)23-4/h7-10,19H,5-6H2,1-4H3,(H,17,18). The van der Waals surface area contributed by atoms with Crippen molar-refractivity contribution in [2.75, 3.05) is 18.9 Å². The number of hydrogen-bond acceptors (Lipinski definition) is 7. The van der Waals surface area contributed by atoms with Gasteiger partial charge in [-0.05, 0) is 25.0 Å². The largest absolute Gasteiger partial charge is 0.493 e. The van der Waals surface area contributed by atoms with E-state index >= 15 is 0 Å². The summed E-state index contributed by atoms with van der Waals surface area (Å²) in [5.74, 6) is 0.755. The molecule has 0 saturated carbocycles. The molecule has 0 aliphatic heterocycles. The Morgan fingerprint density at radius 3 is 2.40 bits per heavy atom. The molecule has 1 aromatic carbocycles. The number of aromatic nitrogens is 1. The average Bonchev–Trinajstić information content (AvgIpc) is 3.08. The maximum atomic E-state index is 12.6. The van der Waals surface area contributed by atoms with E-state index in [2.05, 4.69) is 9.71 Å². The van der Waals surface area contributed by atoms with Crippen LogP contribution in [0.3, 0.4) is 0 Å². The monoisotopic (exact) mass is 386 g/mol. The molecule has 0 atom stereocenters. The van der Waals surface area contributed by atoms with Crippen molar-refractivity contribution in [1.82, 2.24) is 4.98 Å². The first-order valence-electron chi connectivity index (χ1n) is 7.73. The van der Waals surface area contributed by atoms with Crippen LogP contribution in [-0.4, -0.2) is 32.7 Å². The second-order valence-electron chi connectivity index (χ2n) is 5.40. The Morgan fingerprint density at radius 2 is 1.84 bits per heavy atom. The van der Waals surface area contributed by atoms with Gasteiger partial charge in [-0.3, -0.25) is 4.72 Å². The third-order valence-electron chi connectivity index (χ3n) is 4.04. The van der Waals surface area contributed by atoms with E-state index in [1.165, 1.54) is 32.4 Å². The summed E-state index contributed by atoms with van der Waals surface area (Å²) < 4.78 is 37.8. The highest BCUT2D eigenvalue weighted by atomic mass is 32.2. The number of aliphatic hydroxyl groups is 1. The van der Waals surface area contributed by atoms with Gasteiger partial charge in [0.25, 0.3) is 10.0 Å². The molecule has 9 heteroatoms. The third-order valence-corrected chi connectivity index (χ3v) is 6.26. The Labute approximate surface area is 151 Å². The van der Waals surface area contributed by atoms with Crippen molar-refractivity contribution < 1.29 is 23.0 Å². The summed E-state index contributed by atoms with van der Waals surface area (Å²) in [7, 11) is -0.924. The Hall–Kier alpha value is -1.84. The lowest BCUT2D eigenvalue weighted by Gasteiger charge is -2.22. The molecule has 0 unspecified atom stereocenters. The van der Waals surface area contributed by atoms with Gasteiger partial charge in [0, 0.05) is 11.4 Å². The fourth-order valence-electron chi connectivity index (χ4n) is 2.30. The Bertz CT molecular complexity index is 829. The first kappa shape index (κ1) is 19.5. The van der Waals surface area contributed by atoms with E-state index in [0.29, 0.717) is 30.0 Å². The Kier molecular flexibility index (Phi) is 5.91. The first-order valence-corrected chi connectivity index (χ1v) is 10.1. The van der Waals surface area contributed by atoms with Crippen molar-refractivity contribution in [1.29, 1.82) is 0 Å². The number of ether oxygens (including phenoxy) is 2. The second-order valence-corrected chi connectivity index (χ2v) is 7.94. The number of sulfonamides is 1. The highest BCUT2D eigenvalue weighted by molar-refractivity contribution is 7.93. The van der Waals surface area contributed by atoms with Gasteiger partial charge in [-0.2, -0.15) is 0 Å². The van der Waals surface area contributed by atoms with Gasteiger partial charge in [0.05, 0.1) is 24.8 Å². The minimum Gasteiger partial charge on any atom is -0.493 e. The van der Waals surface area contributed by atoms with Crippen molar-refractivity contribution in [2.45, 2.75) is 37.2 Å². The van der Waals surface area contributed by atoms with E-state index in [4.69, 9.17) is 9.47 Å². The number of nitrogens with zero attached hydrogens (tertiary/aromatic N) is 1. The molecule has 0 aliphatic rings. The van der Waals surface area contributed by atoms with E-state index in [-0.39, 0.29) is 10.0 Å². The summed E-state index contributed by atoms with van der Waals surface area (Å²) >= 11 is 1.13. The number of methoxy groups -OCH3 is 2. The van der Waals surface area contributed by atoms with Crippen molar-refractivity contribution >= 4 is 26.5 Å². The lowest BCUT2D eigenvalue weighted by atomic mass is 9.94. The molecule has 0 fully saturated rings. The first-order chi connectivity index (χ1) is 11.8. The quantitative estimate of drug-likeness (QED) is 0.724. The third kappa shape index (κ3) is 4.05. The molecule has 25 heavy (non-hydrogen) atoms. The van der Waals surface area contributed by atoms with Crippen LogP contribution in [0.4, 0.5) is 5.13 Å². The summed E-state index contributed by atoms with van der Waals surface area (Å²) in [6.45, 7) is 3.71. The minimum absolute atomic E-state index is 0.0307. The molecule has 2 N–H and O–H groups in total. The molecule has 0 aliphatic carbocycles. The van der Waals surface area contributed by atoms with Crippen LogP contribution in [0.5, 0.6) is 11.5 Å². The normalized spacial score (nSPS) is 12.0. The SMILES string of the molecule is CCC(O)(CC)c1csc(NS(=O)(=O)c2ccc(OC)c(OC)c2)n1. The van der Waals surface area contributed by atoms with Crippen LogP contribution in [0.15, 0.2) is 28.5 Å². The van der Waals surface area contributed by atoms with Crippen LogP contribution < -0.4 is 14.2 Å². The Balaban J connectivity index is 2.29. The lowest BCUT2D eigenvalue weighted by Crippen LogP contribution is -2.24. The summed E-state index contributed by atoms with van der Waals surface area (Å²) in [6, 6.07) is 4.32. The van der Waals surface area contributed by atoms with Crippen molar-refractivity contribution in [2.24, 2.45) is 0 Å². The molecule has 0 amide bonds. The summed E-state index contributed by atoms with van der Waals surface area (Å²) in [6.07, 6.45) is 0.990. The summed E-state index contributed by atoms with van der Waals surface area (Å²) in [5.41, 5.74) is -0.587. The smallest absolute Gasteiger partial charge is 0.263 e. The molecular weight excluding hydrogens is 364 g/mol. The molecule has 0 saturated heterocycles. The van der Waals surface area contributed by atoms with E-state index in [0.717, 1.165) is 11.3 Å². The van der Waals surface area contributed by atoms with E-state index in [1.54, 1.807) is 5.38 Å². The zero-order chi connectivity index (χ0) is 18.7. The van der Waals surface area contributed by atoms with Crippen LogP contribution in [0, 0.1) is 0 Å². The number of rotatable bonds is 8. The number of benzene rings is 1. The summed E-state index contributed by atoms with van der Waals surface area (Å²) in [4.78, 5) is 4.26. The predicted molar refractivity (Wildman–Crippen MR) is 96.9 cm³/mol. The predicted octanol–water partition coefficient (Wildman–Crippen LogP) is 2.97. The number of nitrogens with one attached hydrogen (secondary N) is 1. The molecule has 138 valence electrons. The number of anilines is 1. The Morgan fingerprint density at radius 1 is 1.20 bits per heavy atom. The molecule has 0 radical (unpaired) electrons. The van der Waals surface area contributed by atoms with Gasteiger partial charge in [-0.25, -0.2) is 13.4 Å². The zero-order valence-corrected chi connectivity index (χ0v) is 16.2. The van der Waals surface area contributed by atoms with Gasteiger partial charge in [0.2, 0.25) is 0 Å². The van der Waals surface area contributed by atoms with E-state index in [9.17, 15) is 13.5 Å². The zero-order valence-electron chi connectivity index (χ0n) is 14.6. The lowest BCUT2D eigenvalue weighted by molar-refractivity contribution is 0.0247. The van der Waals surface area contributed by atoms with Gasteiger partial charge in [-0.15, -0.1) is 11.3 Å². The van der Waals surface area contributed by atoms with E-state index in [1.807, 2.05) is 13.8 Å². The van der Waals surface area contributed by atoms with Crippen LogP contribution in [0.25, 0.3) is 0 Å². The fraction of sp³-hybridized carbons (Fsp3) is 0.438. The maximum Gasteiger partial charge on any atom is 0.263 e. The topological polar surface area (TPSA) is 97.8 Å². The van der Waals surface area contributed by atoms with Gasteiger partial charge in [-0.1, -0.05) is 13.8 Å². The fourth-order valence-corrected chi connectivity index (χ4v) is 4.37. The maximum absolute atomic E-state index is 12.6. The molecule has 2 rings (SSSR count). The van der Waals surface area contributed by atoms with Crippen molar-refractivity contribution in [3.8, 4) is 11.5 Å². The number of hydrogen-bond donors (Lipinski definition) is 2. The highest BCUT2D eigenvalue weighted by Gasteiger charge is 2.28. The summed E-state index contributed by atoms with van der Waals surface area (Å²) in [5, 5.41) is 12.4. The van der Waals surface area contributed by atoms with Gasteiger partial charge < -0.3 is 14.6 Å². The van der Waals surface area contributed by atoms with Crippen LogP contribution in [0.1, 0.15) is 32.4 Å². The molecule has 7 nitrogen and oxygen atoms in total. The van der Waals surface area contributed by atoms with Gasteiger partial charge >= 0.3 is 0 Å². The molecule has 1 aromatic heterocycles. The number of thiazole rings is 1. The van der Waals surface area contributed by atoms with Gasteiger partial charge in [0.1, 0.15) is 5.60 Å². The van der Waals surface area contributed by atoms with Crippen molar-refractivity contribution in [3.63, 3.8) is 0 Å². The molecule has 0 bridgehead atoms. The van der Waals surface area contributed by atoms with Crippen LogP contribution >= 0.6 is 11.3 Å². The second kappa shape index (κ2) is 7.59. The van der Waals surface area contributed by atoms with Crippen LogP contribution in [-0.2, 0) is 15.6 Å². The van der Waals surface area contributed by atoms with Gasteiger partial charge in [0.15, 0.2) is 16.6 Å². The molecule has 2 aromatic rings. The molecule has 0 spiro atoms. The minimum atomic E-state index is -3.84. The molecular formula is C16H22N2O5S2.